The molecule has 4 nitrogen and oxygen atoms in total. The molecule has 2 aliphatic heterocycles. The maximum Gasteiger partial charge on any atom is 0.0590 e. The number of nitrogens with one attached hydrogen (secondary N) is 1. The highest BCUT2D eigenvalue weighted by Gasteiger charge is 2.36. The van der Waals surface area contributed by atoms with Crippen molar-refractivity contribution in [3.05, 3.63) is 0 Å². The van der Waals surface area contributed by atoms with Crippen molar-refractivity contribution in [3.63, 3.8) is 0 Å². The van der Waals surface area contributed by atoms with E-state index in [4.69, 9.17) is 4.74 Å². The van der Waals surface area contributed by atoms with E-state index in [2.05, 4.69) is 31.0 Å². The molecule has 2 fully saturated rings. The molecule has 4 heteroatoms. The van der Waals surface area contributed by atoms with E-state index in [1.807, 2.05) is 0 Å². The third kappa shape index (κ3) is 4.42. The zero-order chi connectivity index (χ0) is 14.6. The van der Waals surface area contributed by atoms with Gasteiger partial charge < -0.3 is 20.1 Å². The second-order valence-electron chi connectivity index (χ2n) is 7.22. The SMILES string of the molecule is CC(C)NCC1(CN2CCC(O)C(C)C2)CCOCC1. The first-order valence-electron chi connectivity index (χ1n) is 8.22. The molecule has 0 bridgehead atoms. The molecular formula is C16H32N2O2. The van der Waals surface area contributed by atoms with E-state index in [1.54, 1.807) is 0 Å². The number of nitrogens with zero attached hydrogens (tertiary/aromatic N) is 1. The molecule has 2 rings (SSSR count). The van der Waals surface area contributed by atoms with Gasteiger partial charge in [0, 0.05) is 45.4 Å². The fourth-order valence-electron chi connectivity index (χ4n) is 3.45. The molecular weight excluding hydrogens is 252 g/mol. The average Bonchev–Trinajstić information content (AvgIpc) is 2.42. The lowest BCUT2D eigenvalue weighted by atomic mass is 9.78. The van der Waals surface area contributed by atoms with Crippen molar-refractivity contribution in [1.29, 1.82) is 0 Å². The number of rotatable bonds is 5. The summed E-state index contributed by atoms with van der Waals surface area (Å²) in [5.41, 5.74) is 0.352. The Balaban J connectivity index is 1.93. The number of hydrogen-bond donors (Lipinski definition) is 2. The Morgan fingerprint density at radius 3 is 2.65 bits per heavy atom. The highest BCUT2D eigenvalue weighted by molar-refractivity contribution is 4.90. The van der Waals surface area contributed by atoms with E-state index >= 15 is 0 Å². The summed E-state index contributed by atoms with van der Waals surface area (Å²) in [5.74, 6) is 0.402. The Morgan fingerprint density at radius 1 is 1.35 bits per heavy atom. The molecule has 118 valence electrons. The number of aliphatic hydroxyl groups is 1. The average molecular weight is 284 g/mol. The molecule has 0 radical (unpaired) electrons. The number of likely N-dealkylation sites (tertiary alicyclic amines) is 1. The summed E-state index contributed by atoms with van der Waals surface area (Å²) in [5, 5.41) is 13.5. The topological polar surface area (TPSA) is 44.7 Å². The third-order valence-electron chi connectivity index (χ3n) is 4.94. The Kier molecular flexibility index (Phi) is 5.84. The van der Waals surface area contributed by atoms with E-state index < -0.39 is 0 Å². The molecule has 0 amide bonds. The van der Waals surface area contributed by atoms with Crippen LogP contribution in [0.15, 0.2) is 0 Å². The minimum atomic E-state index is -0.106. The summed E-state index contributed by atoms with van der Waals surface area (Å²) in [6, 6.07) is 0.539. The van der Waals surface area contributed by atoms with Gasteiger partial charge in [-0.2, -0.15) is 0 Å². The normalized spacial score (nSPS) is 31.6. The van der Waals surface area contributed by atoms with Crippen LogP contribution in [0.4, 0.5) is 0 Å². The maximum absolute atomic E-state index is 9.88. The molecule has 2 saturated heterocycles. The van der Waals surface area contributed by atoms with E-state index in [1.165, 1.54) is 0 Å². The van der Waals surface area contributed by atoms with Crippen LogP contribution in [0.25, 0.3) is 0 Å². The van der Waals surface area contributed by atoms with Crippen molar-refractivity contribution in [2.75, 3.05) is 39.4 Å². The van der Waals surface area contributed by atoms with Gasteiger partial charge in [-0.25, -0.2) is 0 Å². The maximum atomic E-state index is 9.88. The van der Waals surface area contributed by atoms with Crippen LogP contribution < -0.4 is 5.32 Å². The number of hydrogen-bond acceptors (Lipinski definition) is 4. The second kappa shape index (κ2) is 7.21. The standard InChI is InChI=1S/C16H32N2O2/c1-13(2)17-11-16(5-8-20-9-6-16)12-18-7-4-15(19)14(3)10-18/h13-15,17,19H,4-12H2,1-3H3. The van der Waals surface area contributed by atoms with Crippen LogP contribution in [0, 0.1) is 11.3 Å². The molecule has 0 aliphatic carbocycles. The molecule has 0 aromatic carbocycles. The molecule has 20 heavy (non-hydrogen) atoms. The van der Waals surface area contributed by atoms with Gasteiger partial charge in [-0.1, -0.05) is 20.8 Å². The summed E-state index contributed by atoms with van der Waals surface area (Å²) < 4.78 is 5.57. The predicted octanol–water partition coefficient (Wildman–Crippen LogP) is 1.48. The highest BCUT2D eigenvalue weighted by atomic mass is 16.5. The monoisotopic (exact) mass is 284 g/mol. The molecule has 0 saturated carbocycles. The Hall–Kier alpha value is -0.160. The summed E-state index contributed by atoms with van der Waals surface area (Å²) in [4.78, 5) is 2.56. The minimum Gasteiger partial charge on any atom is -0.393 e. The fourth-order valence-corrected chi connectivity index (χ4v) is 3.45. The van der Waals surface area contributed by atoms with E-state index in [0.717, 1.165) is 58.7 Å². The van der Waals surface area contributed by atoms with Crippen LogP contribution >= 0.6 is 0 Å². The summed E-state index contributed by atoms with van der Waals surface area (Å²) >= 11 is 0. The van der Waals surface area contributed by atoms with Crippen LogP contribution in [-0.4, -0.2) is 61.5 Å². The Labute approximate surface area is 123 Å². The largest absolute Gasteiger partial charge is 0.393 e. The zero-order valence-electron chi connectivity index (χ0n) is 13.4. The lowest BCUT2D eigenvalue weighted by Gasteiger charge is -2.44. The van der Waals surface area contributed by atoms with Crippen LogP contribution in [0.5, 0.6) is 0 Å². The Bertz CT molecular complexity index is 290. The predicted molar refractivity (Wildman–Crippen MR) is 81.9 cm³/mol. The lowest BCUT2D eigenvalue weighted by molar-refractivity contribution is -0.0277. The van der Waals surface area contributed by atoms with Gasteiger partial charge in [-0.15, -0.1) is 0 Å². The van der Waals surface area contributed by atoms with Crippen molar-refractivity contribution < 1.29 is 9.84 Å². The molecule has 2 aliphatic rings. The summed E-state index contributed by atoms with van der Waals surface area (Å²) in [6.07, 6.45) is 3.12. The van der Waals surface area contributed by atoms with Gasteiger partial charge in [0.05, 0.1) is 6.10 Å². The molecule has 0 aromatic rings. The van der Waals surface area contributed by atoms with Crippen molar-refractivity contribution in [2.24, 2.45) is 11.3 Å². The number of ether oxygens (including phenoxy) is 1. The van der Waals surface area contributed by atoms with Crippen molar-refractivity contribution in [1.82, 2.24) is 10.2 Å². The number of piperidine rings is 1. The number of aliphatic hydroxyl groups excluding tert-OH is 1. The minimum absolute atomic E-state index is 0.106. The van der Waals surface area contributed by atoms with Crippen molar-refractivity contribution >= 4 is 0 Å². The third-order valence-corrected chi connectivity index (χ3v) is 4.94. The van der Waals surface area contributed by atoms with Gasteiger partial charge in [-0.3, -0.25) is 0 Å². The first-order chi connectivity index (χ1) is 9.51. The molecule has 0 aromatic heterocycles. The molecule has 2 unspecified atom stereocenters. The lowest BCUT2D eigenvalue weighted by Crippen LogP contribution is -2.52. The van der Waals surface area contributed by atoms with E-state index in [0.29, 0.717) is 17.4 Å². The van der Waals surface area contributed by atoms with Gasteiger partial charge >= 0.3 is 0 Å². The fraction of sp³-hybridized carbons (Fsp3) is 1.00. The first kappa shape index (κ1) is 16.2. The smallest absolute Gasteiger partial charge is 0.0590 e. The first-order valence-corrected chi connectivity index (χ1v) is 8.22. The van der Waals surface area contributed by atoms with Gasteiger partial charge in [0.2, 0.25) is 0 Å². The zero-order valence-corrected chi connectivity index (χ0v) is 13.4. The molecule has 0 spiro atoms. The second-order valence-corrected chi connectivity index (χ2v) is 7.22. The Morgan fingerprint density at radius 2 is 2.05 bits per heavy atom. The van der Waals surface area contributed by atoms with E-state index in [-0.39, 0.29) is 6.10 Å². The van der Waals surface area contributed by atoms with Crippen LogP contribution in [0.2, 0.25) is 0 Å². The van der Waals surface area contributed by atoms with Crippen LogP contribution in [0.1, 0.15) is 40.0 Å². The van der Waals surface area contributed by atoms with Crippen LogP contribution in [0.3, 0.4) is 0 Å². The van der Waals surface area contributed by atoms with Gasteiger partial charge in [0.15, 0.2) is 0 Å². The highest BCUT2D eigenvalue weighted by Crippen LogP contribution is 2.32. The van der Waals surface area contributed by atoms with Crippen LogP contribution in [-0.2, 0) is 4.74 Å². The van der Waals surface area contributed by atoms with E-state index in [9.17, 15) is 5.11 Å². The summed E-state index contributed by atoms with van der Waals surface area (Å²) in [7, 11) is 0. The van der Waals surface area contributed by atoms with Crippen molar-refractivity contribution in [2.45, 2.75) is 52.2 Å². The summed E-state index contributed by atoms with van der Waals surface area (Å²) in [6.45, 7) is 12.7. The molecule has 2 N–H and O–H groups in total. The van der Waals surface area contributed by atoms with Gasteiger partial charge in [0.25, 0.3) is 0 Å². The van der Waals surface area contributed by atoms with Gasteiger partial charge in [0.1, 0.15) is 0 Å². The molecule has 2 atom stereocenters. The quantitative estimate of drug-likeness (QED) is 0.803. The van der Waals surface area contributed by atoms with Gasteiger partial charge in [-0.05, 0) is 30.6 Å². The van der Waals surface area contributed by atoms with Crippen molar-refractivity contribution in [3.8, 4) is 0 Å². The molecule has 2 heterocycles.